The van der Waals surface area contributed by atoms with E-state index in [1.54, 1.807) is 6.92 Å². The molecule has 2 aromatic rings. The van der Waals surface area contributed by atoms with Crippen molar-refractivity contribution < 1.29 is 14.7 Å². The zero-order chi connectivity index (χ0) is 15.4. The summed E-state index contributed by atoms with van der Waals surface area (Å²) in [5, 5.41) is 21.1. The quantitative estimate of drug-likeness (QED) is 0.668. The lowest BCUT2D eigenvalue weighted by molar-refractivity contribution is 0.0697. The molecule has 0 aromatic carbocycles. The van der Waals surface area contributed by atoms with Crippen molar-refractivity contribution in [2.24, 2.45) is 0 Å². The number of anilines is 1. The second kappa shape index (κ2) is 6.35. The van der Waals surface area contributed by atoms with Gasteiger partial charge in [-0.05, 0) is 19.4 Å². The first kappa shape index (κ1) is 15.0. The van der Waals surface area contributed by atoms with Crippen LogP contribution < -0.4 is 10.6 Å². The molecule has 0 aliphatic heterocycles. The number of hydrogen-bond donors (Lipinski definition) is 4. The SMILES string of the molecule is Cc1sc(NC(=O)NCCc2ncn[nH]2)c(C(=O)O)c1C. The predicted octanol–water partition coefficient (Wildman–Crippen LogP) is 1.55. The molecule has 0 spiro atoms. The van der Waals surface area contributed by atoms with Crippen molar-refractivity contribution in [2.75, 3.05) is 11.9 Å². The van der Waals surface area contributed by atoms with E-state index in [4.69, 9.17) is 0 Å². The number of aryl methyl sites for hydroxylation is 1. The molecule has 2 aromatic heterocycles. The first-order chi connectivity index (χ1) is 9.99. The molecule has 0 bridgehead atoms. The van der Waals surface area contributed by atoms with E-state index in [1.807, 2.05) is 6.92 Å². The van der Waals surface area contributed by atoms with Crippen LogP contribution in [0.2, 0.25) is 0 Å². The summed E-state index contributed by atoms with van der Waals surface area (Å²) in [5.41, 5.74) is 0.812. The van der Waals surface area contributed by atoms with Crippen molar-refractivity contribution in [1.82, 2.24) is 20.5 Å². The molecule has 2 amide bonds. The summed E-state index contributed by atoms with van der Waals surface area (Å²) in [5.74, 6) is -0.377. The number of nitrogens with one attached hydrogen (secondary N) is 3. The molecule has 112 valence electrons. The number of aromatic amines is 1. The summed E-state index contributed by atoms with van der Waals surface area (Å²) in [4.78, 5) is 27.8. The first-order valence-corrected chi connectivity index (χ1v) is 7.03. The number of nitrogens with zero attached hydrogens (tertiary/aromatic N) is 2. The van der Waals surface area contributed by atoms with Crippen LogP contribution in [-0.2, 0) is 6.42 Å². The molecule has 0 saturated carbocycles. The normalized spacial score (nSPS) is 10.4. The highest BCUT2D eigenvalue weighted by Gasteiger charge is 2.20. The number of aromatic carboxylic acids is 1. The van der Waals surface area contributed by atoms with Crippen LogP contribution >= 0.6 is 11.3 Å². The number of carboxylic acids is 1. The average molecular weight is 309 g/mol. The second-order valence-electron chi connectivity index (χ2n) is 4.36. The number of carboxylic acid groups (broad SMARTS) is 1. The van der Waals surface area contributed by atoms with Crippen molar-refractivity contribution in [3.63, 3.8) is 0 Å². The molecule has 0 saturated heterocycles. The van der Waals surface area contributed by atoms with Gasteiger partial charge in [0.2, 0.25) is 0 Å². The molecule has 21 heavy (non-hydrogen) atoms. The largest absolute Gasteiger partial charge is 0.478 e. The Morgan fingerprint density at radius 1 is 1.43 bits per heavy atom. The van der Waals surface area contributed by atoms with E-state index in [2.05, 4.69) is 25.8 Å². The van der Waals surface area contributed by atoms with Gasteiger partial charge in [-0.3, -0.25) is 10.4 Å². The summed E-state index contributed by atoms with van der Waals surface area (Å²) >= 11 is 1.25. The molecule has 0 radical (unpaired) electrons. The van der Waals surface area contributed by atoms with Crippen LogP contribution in [0.3, 0.4) is 0 Å². The number of thiophene rings is 1. The third-order valence-corrected chi connectivity index (χ3v) is 4.06. The molecule has 0 aliphatic carbocycles. The van der Waals surface area contributed by atoms with Crippen molar-refractivity contribution in [1.29, 1.82) is 0 Å². The van der Waals surface area contributed by atoms with Gasteiger partial charge in [0.25, 0.3) is 0 Å². The molecule has 0 unspecified atom stereocenters. The Morgan fingerprint density at radius 2 is 2.19 bits per heavy atom. The number of hydrogen-bond acceptors (Lipinski definition) is 5. The number of carbonyl (C=O) groups is 2. The fourth-order valence-corrected chi connectivity index (χ4v) is 2.81. The Balaban J connectivity index is 1.93. The number of aromatic nitrogens is 3. The van der Waals surface area contributed by atoms with E-state index in [-0.39, 0.29) is 5.56 Å². The topological polar surface area (TPSA) is 120 Å². The predicted molar refractivity (Wildman–Crippen MR) is 77.9 cm³/mol. The van der Waals surface area contributed by atoms with Crippen molar-refractivity contribution >= 4 is 28.3 Å². The number of rotatable bonds is 5. The monoisotopic (exact) mass is 309 g/mol. The van der Waals surface area contributed by atoms with E-state index in [0.29, 0.717) is 29.4 Å². The molecular weight excluding hydrogens is 294 g/mol. The maximum absolute atomic E-state index is 11.8. The lowest BCUT2D eigenvalue weighted by Gasteiger charge is -2.06. The van der Waals surface area contributed by atoms with Crippen LogP contribution in [0.4, 0.5) is 9.80 Å². The Hall–Kier alpha value is -2.42. The van der Waals surface area contributed by atoms with Crippen LogP contribution in [0.25, 0.3) is 0 Å². The van der Waals surface area contributed by atoms with Gasteiger partial charge in [-0.1, -0.05) is 0 Å². The minimum atomic E-state index is -1.05. The van der Waals surface area contributed by atoms with E-state index < -0.39 is 12.0 Å². The smallest absolute Gasteiger partial charge is 0.338 e. The molecule has 4 N–H and O–H groups in total. The maximum atomic E-state index is 11.8. The maximum Gasteiger partial charge on any atom is 0.338 e. The van der Waals surface area contributed by atoms with Crippen LogP contribution in [0.5, 0.6) is 0 Å². The average Bonchev–Trinajstić information content (AvgIpc) is 2.99. The van der Waals surface area contributed by atoms with Gasteiger partial charge >= 0.3 is 12.0 Å². The second-order valence-corrected chi connectivity index (χ2v) is 5.58. The minimum Gasteiger partial charge on any atom is -0.478 e. The molecular formula is C12H15N5O3S. The number of carbonyl (C=O) groups excluding carboxylic acids is 1. The van der Waals surface area contributed by atoms with Crippen LogP contribution in [0.1, 0.15) is 26.6 Å². The van der Waals surface area contributed by atoms with E-state index in [9.17, 15) is 14.7 Å². The van der Waals surface area contributed by atoms with E-state index in [0.717, 1.165) is 4.88 Å². The number of amides is 2. The van der Waals surface area contributed by atoms with Gasteiger partial charge in [0, 0.05) is 17.8 Å². The van der Waals surface area contributed by atoms with E-state index in [1.165, 1.54) is 17.7 Å². The van der Waals surface area contributed by atoms with Gasteiger partial charge in [0.1, 0.15) is 17.2 Å². The third kappa shape index (κ3) is 3.57. The van der Waals surface area contributed by atoms with Crippen LogP contribution in [0.15, 0.2) is 6.33 Å². The molecule has 2 heterocycles. The van der Waals surface area contributed by atoms with Crippen molar-refractivity contribution in [2.45, 2.75) is 20.3 Å². The Labute approximate surface area is 124 Å². The molecule has 0 fully saturated rings. The van der Waals surface area contributed by atoms with Gasteiger partial charge in [-0.2, -0.15) is 5.10 Å². The Kier molecular flexibility index (Phi) is 4.53. The number of urea groups is 1. The molecule has 0 aliphatic rings. The standard InChI is InChI=1S/C12H15N5O3S/c1-6-7(2)21-10(9(6)11(18)19)16-12(20)13-4-3-8-14-5-15-17-8/h5H,3-4H2,1-2H3,(H,18,19)(H2,13,16,20)(H,14,15,17). The van der Waals surface area contributed by atoms with Crippen molar-refractivity contribution in [3.05, 3.63) is 28.2 Å². The summed E-state index contributed by atoms with van der Waals surface area (Å²) in [6, 6.07) is -0.446. The summed E-state index contributed by atoms with van der Waals surface area (Å²) < 4.78 is 0. The lowest BCUT2D eigenvalue weighted by atomic mass is 10.1. The van der Waals surface area contributed by atoms with Crippen LogP contribution in [0, 0.1) is 13.8 Å². The first-order valence-electron chi connectivity index (χ1n) is 6.21. The molecule has 0 atom stereocenters. The highest BCUT2D eigenvalue weighted by molar-refractivity contribution is 7.16. The minimum absolute atomic E-state index is 0.142. The Bertz CT molecular complexity index is 650. The van der Waals surface area contributed by atoms with Gasteiger partial charge in [0.15, 0.2) is 0 Å². The molecule has 8 nitrogen and oxygen atoms in total. The van der Waals surface area contributed by atoms with Crippen LogP contribution in [-0.4, -0.2) is 38.8 Å². The number of H-pyrrole nitrogens is 1. The highest BCUT2D eigenvalue weighted by atomic mass is 32.1. The zero-order valence-electron chi connectivity index (χ0n) is 11.6. The van der Waals surface area contributed by atoms with E-state index >= 15 is 0 Å². The van der Waals surface area contributed by atoms with Gasteiger partial charge < -0.3 is 10.4 Å². The van der Waals surface area contributed by atoms with Gasteiger partial charge in [-0.25, -0.2) is 14.6 Å². The summed E-state index contributed by atoms with van der Waals surface area (Å²) in [6.45, 7) is 3.91. The third-order valence-electron chi connectivity index (χ3n) is 2.94. The summed E-state index contributed by atoms with van der Waals surface area (Å²) in [6.07, 6.45) is 1.91. The van der Waals surface area contributed by atoms with Crippen molar-refractivity contribution in [3.8, 4) is 0 Å². The lowest BCUT2D eigenvalue weighted by Crippen LogP contribution is -2.30. The zero-order valence-corrected chi connectivity index (χ0v) is 12.4. The fourth-order valence-electron chi connectivity index (χ4n) is 1.77. The fraction of sp³-hybridized carbons (Fsp3) is 0.333. The summed E-state index contributed by atoms with van der Waals surface area (Å²) in [7, 11) is 0. The molecule has 2 rings (SSSR count). The highest BCUT2D eigenvalue weighted by Crippen LogP contribution is 2.32. The van der Waals surface area contributed by atoms with Gasteiger partial charge in [-0.15, -0.1) is 11.3 Å². The Morgan fingerprint density at radius 3 is 2.81 bits per heavy atom. The van der Waals surface area contributed by atoms with Gasteiger partial charge in [0.05, 0.1) is 5.56 Å². The molecule has 9 heteroatoms.